The lowest BCUT2D eigenvalue weighted by Gasteiger charge is -2.14. The third kappa shape index (κ3) is 2.15. The molecule has 0 amide bonds. The lowest BCUT2D eigenvalue weighted by molar-refractivity contribution is -0.141. The molecular weight excluding hydrogens is 228 g/mol. The van der Waals surface area contributed by atoms with Crippen molar-refractivity contribution in [3.63, 3.8) is 0 Å². The summed E-state index contributed by atoms with van der Waals surface area (Å²) in [6.45, 7) is 1.80. The smallest absolute Gasteiger partial charge is 0.307 e. The molecular formula is C12H13F2NO2. The number of nitrogens with one attached hydrogen (secondary N) is 1. The number of hydrogen-bond acceptors (Lipinski definition) is 2. The average molecular weight is 241 g/mol. The van der Waals surface area contributed by atoms with Gasteiger partial charge in [-0.3, -0.25) is 4.79 Å². The monoisotopic (exact) mass is 241 g/mol. The minimum Gasteiger partial charge on any atom is -0.481 e. The number of carboxylic acid groups (broad SMARTS) is 1. The summed E-state index contributed by atoms with van der Waals surface area (Å²) in [6.07, 6.45) is 0.215. The molecule has 1 fully saturated rings. The van der Waals surface area contributed by atoms with Crippen molar-refractivity contribution in [1.29, 1.82) is 0 Å². The number of carbonyl (C=O) groups is 1. The molecule has 0 aliphatic carbocycles. The van der Waals surface area contributed by atoms with Gasteiger partial charge < -0.3 is 10.4 Å². The molecule has 1 aliphatic rings. The number of hydrogen-bond donors (Lipinski definition) is 2. The summed E-state index contributed by atoms with van der Waals surface area (Å²) in [5.41, 5.74) is 0.315. The van der Waals surface area contributed by atoms with E-state index in [1.165, 1.54) is 12.1 Å². The molecule has 17 heavy (non-hydrogen) atoms. The Balaban J connectivity index is 2.30. The fourth-order valence-electron chi connectivity index (χ4n) is 2.14. The third-order valence-electron chi connectivity index (χ3n) is 3.15. The number of halogens is 2. The SMILES string of the molecule is Cc1ccc(F)c(C2CC(C(=O)O)CN2)c1F. The average Bonchev–Trinajstić information content (AvgIpc) is 2.73. The minimum atomic E-state index is -0.937. The highest BCUT2D eigenvalue weighted by atomic mass is 19.1. The van der Waals surface area contributed by atoms with Crippen LogP contribution in [0.15, 0.2) is 12.1 Å². The quantitative estimate of drug-likeness (QED) is 0.832. The fraction of sp³-hybridized carbons (Fsp3) is 0.417. The maximum Gasteiger partial charge on any atom is 0.307 e. The van der Waals surface area contributed by atoms with Gasteiger partial charge in [0.2, 0.25) is 0 Å². The Bertz CT molecular complexity index is 462. The molecule has 2 atom stereocenters. The minimum absolute atomic E-state index is 0.0475. The molecule has 92 valence electrons. The molecule has 2 unspecified atom stereocenters. The van der Waals surface area contributed by atoms with E-state index in [0.717, 1.165) is 0 Å². The van der Waals surface area contributed by atoms with Crippen LogP contribution in [0.2, 0.25) is 0 Å². The molecule has 0 bridgehead atoms. The first kappa shape index (κ1) is 12.0. The Labute approximate surface area is 97.5 Å². The number of benzene rings is 1. The fourth-order valence-corrected chi connectivity index (χ4v) is 2.14. The number of carboxylic acids is 1. The van der Waals surface area contributed by atoms with Crippen LogP contribution in [0.1, 0.15) is 23.6 Å². The molecule has 1 aromatic carbocycles. The summed E-state index contributed by atoms with van der Waals surface area (Å²) in [6, 6.07) is 2.03. The Morgan fingerprint density at radius 3 is 2.76 bits per heavy atom. The molecule has 2 rings (SSSR count). The molecule has 1 saturated heterocycles. The first-order chi connectivity index (χ1) is 8.00. The van der Waals surface area contributed by atoms with E-state index < -0.39 is 29.6 Å². The van der Waals surface area contributed by atoms with Gasteiger partial charge in [-0.2, -0.15) is 0 Å². The summed E-state index contributed by atoms with van der Waals surface area (Å²) >= 11 is 0. The van der Waals surface area contributed by atoms with Gasteiger partial charge >= 0.3 is 5.97 Å². The molecule has 0 saturated carbocycles. The van der Waals surface area contributed by atoms with E-state index in [1.807, 2.05) is 0 Å². The van der Waals surface area contributed by atoms with Crippen molar-refractivity contribution in [2.45, 2.75) is 19.4 Å². The largest absolute Gasteiger partial charge is 0.481 e. The molecule has 0 aromatic heterocycles. The zero-order chi connectivity index (χ0) is 12.6. The Kier molecular flexibility index (Phi) is 3.11. The van der Waals surface area contributed by atoms with Crippen LogP contribution in [0, 0.1) is 24.5 Å². The Morgan fingerprint density at radius 1 is 1.47 bits per heavy atom. The van der Waals surface area contributed by atoms with Crippen molar-refractivity contribution in [2.24, 2.45) is 5.92 Å². The normalized spacial score (nSPS) is 23.9. The van der Waals surface area contributed by atoms with Crippen LogP contribution in [0.3, 0.4) is 0 Å². The van der Waals surface area contributed by atoms with E-state index in [4.69, 9.17) is 5.11 Å². The van der Waals surface area contributed by atoms with Gasteiger partial charge in [0.15, 0.2) is 0 Å². The molecule has 0 spiro atoms. The van der Waals surface area contributed by atoms with Crippen LogP contribution in [0.5, 0.6) is 0 Å². The number of aliphatic carboxylic acids is 1. The van der Waals surface area contributed by atoms with Crippen LogP contribution in [-0.4, -0.2) is 17.6 Å². The second-order valence-corrected chi connectivity index (χ2v) is 4.32. The molecule has 1 aromatic rings. The molecule has 2 N–H and O–H groups in total. The summed E-state index contributed by atoms with van der Waals surface area (Å²) in [7, 11) is 0. The van der Waals surface area contributed by atoms with Crippen LogP contribution >= 0.6 is 0 Å². The van der Waals surface area contributed by atoms with Crippen molar-refractivity contribution in [3.8, 4) is 0 Å². The maximum absolute atomic E-state index is 13.8. The molecule has 5 heteroatoms. The van der Waals surface area contributed by atoms with Crippen molar-refractivity contribution < 1.29 is 18.7 Å². The van der Waals surface area contributed by atoms with Gasteiger partial charge in [0, 0.05) is 18.2 Å². The first-order valence-corrected chi connectivity index (χ1v) is 5.41. The highest BCUT2D eigenvalue weighted by molar-refractivity contribution is 5.70. The van der Waals surface area contributed by atoms with Gasteiger partial charge in [-0.1, -0.05) is 6.07 Å². The highest BCUT2D eigenvalue weighted by Crippen LogP contribution is 2.31. The van der Waals surface area contributed by atoms with Crippen molar-refractivity contribution >= 4 is 5.97 Å². The van der Waals surface area contributed by atoms with E-state index in [1.54, 1.807) is 6.92 Å². The predicted molar refractivity (Wildman–Crippen MR) is 57.6 cm³/mol. The second kappa shape index (κ2) is 4.41. The van der Waals surface area contributed by atoms with Gasteiger partial charge in [0.25, 0.3) is 0 Å². The molecule has 3 nitrogen and oxygen atoms in total. The van der Waals surface area contributed by atoms with Crippen LogP contribution < -0.4 is 5.32 Å². The Morgan fingerprint density at radius 2 is 2.18 bits per heavy atom. The van der Waals surface area contributed by atoms with Gasteiger partial charge in [0.1, 0.15) is 11.6 Å². The lowest BCUT2D eigenvalue weighted by Crippen LogP contribution is -2.18. The standard InChI is InChI=1S/C12H13F2NO2/c1-6-2-3-8(13)10(11(6)14)9-4-7(5-15-9)12(16)17/h2-3,7,9,15H,4-5H2,1H3,(H,16,17). The molecule has 1 aliphatic heterocycles. The maximum atomic E-state index is 13.8. The van der Waals surface area contributed by atoms with Gasteiger partial charge in [-0.15, -0.1) is 0 Å². The van der Waals surface area contributed by atoms with Gasteiger partial charge in [-0.25, -0.2) is 8.78 Å². The number of rotatable bonds is 2. The number of aryl methyl sites for hydroxylation is 1. The van der Waals surface area contributed by atoms with Crippen LogP contribution in [0.4, 0.5) is 8.78 Å². The van der Waals surface area contributed by atoms with Crippen LogP contribution in [-0.2, 0) is 4.79 Å². The molecule has 0 radical (unpaired) electrons. The highest BCUT2D eigenvalue weighted by Gasteiger charge is 2.33. The van der Waals surface area contributed by atoms with E-state index in [-0.39, 0.29) is 18.5 Å². The second-order valence-electron chi connectivity index (χ2n) is 4.32. The predicted octanol–water partition coefficient (Wildman–Crippen LogP) is 2.01. The first-order valence-electron chi connectivity index (χ1n) is 5.41. The van der Waals surface area contributed by atoms with E-state index >= 15 is 0 Å². The van der Waals surface area contributed by atoms with E-state index in [2.05, 4.69) is 5.32 Å². The van der Waals surface area contributed by atoms with Gasteiger partial charge in [-0.05, 0) is 25.0 Å². The van der Waals surface area contributed by atoms with E-state index in [0.29, 0.717) is 5.56 Å². The summed E-state index contributed by atoms with van der Waals surface area (Å²) in [5, 5.41) is 11.7. The van der Waals surface area contributed by atoms with Crippen LogP contribution in [0.25, 0.3) is 0 Å². The summed E-state index contributed by atoms with van der Waals surface area (Å²) < 4.78 is 27.4. The lowest BCUT2D eigenvalue weighted by atomic mass is 9.97. The topological polar surface area (TPSA) is 49.3 Å². The van der Waals surface area contributed by atoms with Crippen molar-refractivity contribution in [1.82, 2.24) is 5.32 Å². The van der Waals surface area contributed by atoms with Gasteiger partial charge in [0.05, 0.1) is 5.92 Å². The molecule has 1 heterocycles. The zero-order valence-electron chi connectivity index (χ0n) is 9.34. The Hall–Kier alpha value is -1.49. The third-order valence-corrected chi connectivity index (χ3v) is 3.15. The van der Waals surface area contributed by atoms with Crippen molar-refractivity contribution in [3.05, 3.63) is 34.9 Å². The zero-order valence-corrected chi connectivity index (χ0v) is 9.34. The summed E-state index contributed by atoms with van der Waals surface area (Å²) in [5.74, 6) is -2.74. The van der Waals surface area contributed by atoms with Crippen molar-refractivity contribution in [2.75, 3.05) is 6.54 Å². The summed E-state index contributed by atoms with van der Waals surface area (Å²) in [4.78, 5) is 10.8. The van der Waals surface area contributed by atoms with E-state index in [9.17, 15) is 13.6 Å².